The molecule has 0 radical (unpaired) electrons. The molecule has 2 rings (SSSR count). The molecule has 1 heterocycles. The van der Waals surface area contributed by atoms with E-state index in [0.717, 1.165) is 16.9 Å². The topological polar surface area (TPSA) is 15.6 Å². The summed E-state index contributed by atoms with van der Waals surface area (Å²) in [5.74, 6) is 0. The lowest BCUT2D eigenvalue weighted by Crippen LogP contribution is -2.16. The van der Waals surface area contributed by atoms with Gasteiger partial charge in [0.05, 0.1) is 12.0 Å². The van der Waals surface area contributed by atoms with Crippen molar-refractivity contribution in [2.75, 3.05) is 7.05 Å². The quantitative estimate of drug-likeness (QED) is 0.617. The average molecular weight is 193 g/mol. The van der Waals surface area contributed by atoms with Gasteiger partial charge >= 0.3 is 0 Å². The third-order valence-corrected chi connectivity index (χ3v) is 2.30. The van der Waals surface area contributed by atoms with Crippen LogP contribution in [0.5, 0.6) is 0 Å². The maximum Gasteiger partial charge on any atom is 0.0954 e. The summed E-state index contributed by atoms with van der Waals surface area (Å²) in [7, 11) is 1.91. The van der Waals surface area contributed by atoms with Gasteiger partial charge in [0, 0.05) is 23.3 Å². The second kappa shape index (κ2) is 2.89. The Kier molecular flexibility index (Phi) is 1.85. The predicted molar refractivity (Wildman–Crippen MR) is 56.4 cm³/mol. The summed E-state index contributed by atoms with van der Waals surface area (Å²) >= 11 is 5.88. The first-order valence-corrected chi connectivity index (χ1v) is 4.32. The normalized spacial score (nSPS) is 14.6. The van der Waals surface area contributed by atoms with Crippen molar-refractivity contribution in [2.45, 2.75) is 0 Å². The van der Waals surface area contributed by atoms with Crippen LogP contribution in [0.2, 0.25) is 5.02 Å². The van der Waals surface area contributed by atoms with Crippen molar-refractivity contribution < 1.29 is 0 Å². The molecular formula is C10H9ClN2. The molecule has 1 aromatic carbocycles. The summed E-state index contributed by atoms with van der Waals surface area (Å²) in [5, 5.41) is 0.713. The molecule has 0 atom stereocenters. The van der Waals surface area contributed by atoms with Gasteiger partial charge in [-0.2, -0.15) is 0 Å². The molecule has 1 aromatic rings. The van der Waals surface area contributed by atoms with Crippen LogP contribution in [-0.2, 0) is 0 Å². The molecular weight excluding hydrogens is 184 g/mol. The molecule has 0 bridgehead atoms. The van der Waals surface area contributed by atoms with Crippen LogP contribution in [0.25, 0.3) is 5.70 Å². The highest BCUT2D eigenvalue weighted by Gasteiger charge is 2.12. The van der Waals surface area contributed by atoms with Crippen molar-refractivity contribution in [3.05, 3.63) is 35.4 Å². The van der Waals surface area contributed by atoms with E-state index in [0.29, 0.717) is 5.02 Å². The smallest absolute Gasteiger partial charge is 0.0954 e. The highest BCUT2D eigenvalue weighted by atomic mass is 35.5. The van der Waals surface area contributed by atoms with E-state index in [2.05, 4.69) is 11.6 Å². The van der Waals surface area contributed by atoms with Crippen LogP contribution in [0.15, 0.2) is 29.8 Å². The molecule has 0 saturated carbocycles. The number of rotatable bonds is 0. The number of hydrogen-bond donors (Lipinski definition) is 0. The number of hydrogen-bond acceptors (Lipinski definition) is 2. The number of nitrogens with zero attached hydrogens (tertiary/aromatic N) is 2. The van der Waals surface area contributed by atoms with Gasteiger partial charge in [0.25, 0.3) is 0 Å². The average Bonchev–Trinajstić information content (AvgIpc) is 2.12. The van der Waals surface area contributed by atoms with Crippen LogP contribution in [0.1, 0.15) is 5.56 Å². The fraction of sp³-hybridized carbons (Fsp3) is 0.100. The van der Waals surface area contributed by atoms with Gasteiger partial charge < -0.3 is 4.90 Å². The zero-order valence-electron chi connectivity index (χ0n) is 7.29. The standard InChI is InChI=1S/C10H9ClN2/c1-7-9-5-8(11)3-4-10(9)12-6-13(7)2/h3-6H,1H2,2H3. The molecule has 1 aliphatic rings. The number of fused-ring (bicyclic) bond motifs is 1. The van der Waals surface area contributed by atoms with Gasteiger partial charge in [-0.25, -0.2) is 4.99 Å². The van der Waals surface area contributed by atoms with Crippen LogP contribution in [0, 0.1) is 0 Å². The van der Waals surface area contributed by atoms with Crippen LogP contribution >= 0.6 is 11.6 Å². The van der Waals surface area contributed by atoms with Crippen molar-refractivity contribution >= 4 is 29.3 Å². The highest BCUT2D eigenvalue weighted by molar-refractivity contribution is 6.30. The third kappa shape index (κ3) is 1.33. The molecule has 1 aliphatic heterocycles. The Morgan fingerprint density at radius 2 is 2.23 bits per heavy atom. The number of halogens is 1. The van der Waals surface area contributed by atoms with E-state index in [4.69, 9.17) is 11.6 Å². The second-order valence-electron chi connectivity index (χ2n) is 2.96. The van der Waals surface area contributed by atoms with Gasteiger partial charge in [-0.15, -0.1) is 0 Å². The Balaban J connectivity index is 2.60. The van der Waals surface area contributed by atoms with E-state index < -0.39 is 0 Å². The molecule has 3 heteroatoms. The zero-order valence-corrected chi connectivity index (χ0v) is 8.04. The van der Waals surface area contributed by atoms with Crippen LogP contribution < -0.4 is 0 Å². The molecule has 0 spiro atoms. The third-order valence-electron chi connectivity index (χ3n) is 2.07. The summed E-state index contributed by atoms with van der Waals surface area (Å²) in [6, 6.07) is 5.61. The Bertz CT molecular complexity index is 396. The zero-order chi connectivity index (χ0) is 9.42. The largest absolute Gasteiger partial charge is 0.335 e. The maximum absolute atomic E-state index is 5.88. The van der Waals surface area contributed by atoms with Crippen molar-refractivity contribution in [3.8, 4) is 0 Å². The first-order chi connectivity index (χ1) is 6.18. The van der Waals surface area contributed by atoms with Gasteiger partial charge in [0.1, 0.15) is 0 Å². The Hall–Kier alpha value is -1.28. The molecule has 2 nitrogen and oxygen atoms in total. The van der Waals surface area contributed by atoms with Gasteiger partial charge in [0.15, 0.2) is 0 Å². The number of benzene rings is 1. The van der Waals surface area contributed by atoms with Gasteiger partial charge in [0.2, 0.25) is 0 Å². The lowest BCUT2D eigenvalue weighted by atomic mass is 10.1. The summed E-state index contributed by atoms with van der Waals surface area (Å²) in [6.45, 7) is 3.95. The molecule has 0 aromatic heterocycles. The minimum atomic E-state index is 0.713. The molecule has 0 aliphatic carbocycles. The van der Waals surface area contributed by atoms with E-state index in [-0.39, 0.29) is 0 Å². The van der Waals surface area contributed by atoms with Crippen molar-refractivity contribution in [3.63, 3.8) is 0 Å². The first-order valence-electron chi connectivity index (χ1n) is 3.94. The van der Waals surface area contributed by atoms with Crippen molar-refractivity contribution in [1.82, 2.24) is 4.90 Å². The minimum Gasteiger partial charge on any atom is -0.335 e. The van der Waals surface area contributed by atoms with Gasteiger partial charge in [-0.05, 0) is 18.2 Å². The summed E-state index contributed by atoms with van der Waals surface area (Å²) in [5.41, 5.74) is 2.84. The summed E-state index contributed by atoms with van der Waals surface area (Å²) < 4.78 is 0. The van der Waals surface area contributed by atoms with E-state index in [1.165, 1.54) is 0 Å². The predicted octanol–water partition coefficient (Wildman–Crippen LogP) is 2.92. The van der Waals surface area contributed by atoms with E-state index in [1.54, 1.807) is 6.34 Å². The summed E-state index contributed by atoms with van der Waals surface area (Å²) in [6.07, 6.45) is 1.75. The fourth-order valence-corrected chi connectivity index (χ4v) is 1.43. The Labute approximate surface area is 82.2 Å². The van der Waals surface area contributed by atoms with E-state index in [1.807, 2.05) is 30.1 Å². The van der Waals surface area contributed by atoms with Crippen molar-refractivity contribution in [2.24, 2.45) is 4.99 Å². The van der Waals surface area contributed by atoms with E-state index >= 15 is 0 Å². The van der Waals surface area contributed by atoms with Crippen LogP contribution in [-0.4, -0.2) is 18.3 Å². The lowest BCUT2D eigenvalue weighted by Gasteiger charge is -2.22. The molecule has 0 saturated heterocycles. The molecule has 0 amide bonds. The van der Waals surface area contributed by atoms with Crippen LogP contribution in [0.3, 0.4) is 0 Å². The lowest BCUT2D eigenvalue weighted by molar-refractivity contribution is 0.736. The fourth-order valence-electron chi connectivity index (χ4n) is 1.26. The second-order valence-corrected chi connectivity index (χ2v) is 3.40. The monoisotopic (exact) mass is 192 g/mol. The van der Waals surface area contributed by atoms with Crippen molar-refractivity contribution in [1.29, 1.82) is 0 Å². The van der Waals surface area contributed by atoms with Gasteiger partial charge in [-0.1, -0.05) is 18.2 Å². The highest BCUT2D eigenvalue weighted by Crippen LogP contribution is 2.32. The molecule has 0 fully saturated rings. The van der Waals surface area contributed by atoms with Gasteiger partial charge in [-0.3, -0.25) is 0 Å². The first kappa shape index (κ1) is 8.32. The molecule has 0 unspecified atom stereocenters. The summed E-state index contributed by atoms with van der Waals surface area (Å²) in [4.78, 5) is 6.12. The maximum atomic E-state index is 5.88. The molecule has 13 heavy (non-hydrogen) atoms. The van der Waals surface area contributed by atoms with Crippen LogP contribution in [0.4, 0.5) is 5.69 Å². The number of aliphatic imine (C=N–C) groups is 1. The van der Waals surface area contributed by atoms with E-state index in [9.17, 15) is 0 Å². The minimum absolute atomic E-state index is 0.713. The Morgan fingerprint density at radius 3 is 3.00 bits per heavy atom. The Morgan fingerprint density at radius 1 is 1.46 bits per heavy atom. The molecule has 66 valence electrons. The molecule has 0 N–H and O–H groups in total. The SMILES string of the molecule is C=C1c2cc(Cl)ccc2N=CN1C.